The summed E-state index contributed by atoms with van der Waals surface area (Å²) in [5, 5.41) is 13.1. The first-order valence-electron chi connectivity index (χ1n) is 15.3. The van der Waals surface area contributed by atoms with Crippen LogP contribution in [-0.2, 0) is 4.79 Å². The van der Waals surface area contributed by atoms with E-state index in [9.17, 15) is 14.4 Å². The van der Waals surface area contributed by atoms with Crippen molar-refractivity contribution in [2.24, 2.45) is 5.41 Å². The van der Waals surface area contributed by atoms with E-state index < -0.39 is 0 Å². The van der Waals surface area contributed by atoms with E-state index in [-0.39, 0.29) is 17.2 Å². The first kappa shape index (κ1) is 36.9. The van der Waals surface area contributed by atoms with E-state index in [4.69, 9.17) is 27.9 Å². The zero-order chi connectivity index (χ0) is 32.9. The van der Waals surface area contributed by atoms with Gasteiger partial charge in [0, 0.05) is 21.7 Å². The lowest BCUT2D eigenvalue weighted by Crippen LogP contribution is -2.12. The number of carbonyl (C=O) groups excluding carboxylic acids is 1. The highest BCUT2D eigenvalue weighted by Crippen LogP contribution is 2.45. The number of anilines is 1. The largest absolute Gasteiger partial charge is 0.492 e. The Morgan fingerprint density at radius 3 is 2.32 bits per heavy atom. The Morgan fingerprint density at radius 1 is 1.05 bits per heavy atom. The summed E-state index contributed by atoms with van der Waals surface area (Å²) in [4.78, 5) is 10.7. The van der Waals surface area contributed by atoms with Crippen LogP contribution in [0.3, 0.4) is 0 Å². The Balaban J connectivity index is 0.000000292. The predicted octanol–water partition coefficient (Wildman–Crippen LogP) is 11.4. The Kier molecular flexibility index (Phi) is 14.9. The van der Waals surface area contributed by atoms with Gasteiger partial charge in [-0.05, 0) is 110 Å². The van der Waals surface area contributed by atoms with Crippen LogP contribution < -0.4 is 10.1 Å². The van der Waals surface area contributed by atoms with Crippen molar-refractivity contribution < 1.29 is 13.9 Å². The van der Waals surface area contributed by atoms with E-state index in [1.54, 1.807) is 18.2 Å². The van der Waals surface area contributed by atoms with Crippen molar-refractivity contribution in [1.29, 1.82) is 5.26 Å². The maximum Gasteiger partial charge on any atom is 0.211 e. The summed E-state index contributed by atoms with van der Waals surface area (Å²) in [6, 6.07) is 18.2. The molecule has 1 aliphatic carbocycles. The molecule has 44 heavy (non-hydrogen) atoms. The molecule has 7 heteroatoms. The Labute approximate surface area is 273 Å². The van der Waals surface area contributed by atoms with Crippen molar-refractivity contribution in [3.8, 4) is 11.8 Å². The second kappa shape index (κ2) is 17.8. The van der Waals surface area contributed by atoms with Crippen LogP contribution in [0.2, 0.25) is 10.0 Å². The number of ether oxygens (including phenoxy) is 1. The first-order valence-corrected chi connectivity index (χ1v) is 16.0. The molecular weight excluding hydrogens is 594 g/mol. The lowest BCUT2D eigenvalue weighted by molar-refractivity contribution is -0.105. The van der Waals surface area contributed by atoms with Gasteiger partial charge >= 0.3 is 0 Å². The summed E-state index contributed by atoms with van der Waals surface area (Å²) in [7, 11) is 0. The standard InChI is InChI=1S/C19H24ClNO.C16H15ClFNO.C2H6/c1-4-5-14(2)10-15(3)17-11-16(20)6-7-18(17)22-13-19(12-21)8-9-19;1-10-3-5-13(18)8-15(10)11(2)14-6-4-12(17)7-16(14)19-9-20;1-2/h5-7,11,15H,4,8-10,13H2,1-3H3;3-9,11H,1-2H3,(H,19,20);1-2H3/b14-5-;;. The van der Waals surface area contributed by atoms with Crippen LogP contribution in [-0.4, -0.2) is 13.0 Å². The van der Waals surface area contributed by atoms with Gasteiger partial charge in [-0.1, -0.05) is 81.6 Å². The zero-order valence-electron chi connectivity index (χ0n) is 26.9. The van der Waals surface area contributed by atoms with Crippen LogP contribution in [0.4, 0.5) is 10.1 Å². The molecule has 0 aromatic heterocycles. The van der Waals surface area contributed by atoms with Gasteiger partial charge in [-0.2, -0.15) is 5.26 Å². The van der Waals surface area contributed by atoms with Gasteiger partial charge in [0.25, 0.3) is 0 Å². The molecule has 2 unspecified atom stereocenters. The molecule has 4 rings (SSSR count). The van der Waals surface area contributed by atoms with Crippen LogP contribution in [0, 0.1) is 29.5 Å². The molecule has 3 aromatic carbocycles. The number of hydrogen-bond acceptors (Lipinski definition) is 3. The molecule has 0 saturated heterocycles. The monoisotopic (exact) mass is 638 g/mol. The molecule has 2 atom stereocenters. The van der Waals surface area contributed by atoms with Crippen molar-refractivity contribution in [2.75, 3.05) is 11.9 Å². The van der Waals surface area contributed by atoms with Crippen LogP contribution >= 0.6 is 23.2 Å². The number of nitriles is 1. The minimum absolute atomic E-state index is 0.0505. The molecule has 4 nitrogen and oxygen atoms in total. The Bertz CT molecular complexity index is 1460. The minimum Gasteiger partial charge on any atom is -0.492 e. The van der Waals surface area contributed by atoms with E-state index in [0.717, 1.165) is 58.7 Å². The molecule has 1 N–H and O–H groups in total. The number of halogens is 3. The van der Waals surface area contributed by atoms with Crippen LogP contribution in [0.5, 0.6) is 5.75 Å². The van der Waals surface area contributed by atoms with E-state index in [2.05, 4.69) is 38.2 Å². The summed E-state index contributed by atoms with van der Waals surface area (Å²) in [5.74, 6) is 0.887. The maximum atomic E-state index is 13.4. The topological polar surface area (TPSA) is 62.1 Å². The van der Waals surface area contributed by atoms with Gasteiger partial charge in [0.15, 0.2) is 0 Å². The van der Waals surface area contributed by atoms with Crippen molar-refractivity contribution in [2.45, 2.75) is 86.0 Å². The number of amides is 1. The second-order valence-corrected chi connectivity index (χ2v) is 12.0. The number of hydrogen-bond donors (Lipinski definition) is 1. The molecule has 1 saturated carbocycles. The van der Waals surface area contributed by atoms with Gasteiger partial charge in [0.05, 0.1) is 11.5 Å². The third-order valence-corrected chi connectivity index (χ3v) is 8.15. The van der Waals surface area contributed by atoms with Crippen LogP contribution in [0.25, 0.3) is 0 Å². The van der Waals surface area contributed by atoms with Crippen molar-refractivity contribution in [1.82, 2.24) is 0 Å². The Hall–Kier alpha value is -3.33. The lowest BCUT2D eigenvalue weighted by atomic mass is 9.89. The fourth-order valence-corrected chi connectivity index (χ4v) is 5.41. The summed E-state index contributed by atoms with van der Waals surface area (Å²) < 4.78 is 19.4. The highest BCUT2D eigenvalue weighted by molar-refractivity contribution is 6.31. The van der Waals surface area contributed by atoms with Gasteiger partial charge in [0.1, 0.15) is 18.2 Å². The van der Waals surface area contributed by atoms with E-state index >= 15 is 0 Å². The SMILES string of the molecule is CC.CC/C=C(/C)CC(C)c1cc(Cl)ccc1OCC1(C#N)CC1.Cc1ccc(F)cc1C(C)c1ccc(Cl)cc1NC=O. The smallest absolute Gasteiger partial charge is 0.211 e. The number of nitrogens with one attached hydrogen (secondary N) is 1. The summed E-state index contributed by atoms with van der Waals surface area (Å²) in [5.41, 5.74) is 5.70. The maximum absolute atomic E-state index is 13.4. The van der Waals surface area contributed by atoms with Crippen molar-refractivity contribution in [3.63, 3.8) is 0 Å². The van der Waals surface area contributed by atoms with E-state index in [0.29, 0.717) is 29.6 Å². The third kappa shape index (κ3) is 10.7. The number of carbonyl (C=O) groups is 1. The fourth-order valence-electron chi connectivity index (χ4n) is 5.06. The molecule has 0 radical (unpaired) electrons. The summed E-state index contributed by atoms with van der Waals surface area (Å²) in [6.07, 6.45) is 6.81. The number of nitrogens with zero attached hydrogens (tertiary/aromatic N) is 1. The van der Waals surface area contributed by atoms with Gasteiger partial charge in [0.2, 0.25) is 6.41 Å². The molecule has 1 amide bonds. The normalized spacial score (nSPS) is 14.4. The quantitative estimate of drug-likeness (QED) is 0.168. The molecule has 3 aromatic rings. The van der Waals surface area contributed by atoms with E-state index in [1.165, 1.54) is 17.7 Å². The van der Waals surface area contributed by atoms with Gasteiger partial charge < -0.3 is 10.1 Å². The van der Waals surface area contributed by atoms with Crippen molar-refractivity contribution in [3.05, 3.63) is 104 Å². The third-order valence-electron chi connectivity index (χ3n) is 7.68. The second-order valence-electron chi connectivity index (χ2n) is 11.1. The number of rotatable bonds is 11. The van der Waals surface area contributed by atoms with Crippen molar-refractivity contribution >= 4 is 35.3 Å². The molecule has 236 valence electrons. The zero-order valence-corrected chi connectivity index (χ0v) is 28.5. The molecule has 0 aliphatic heterocycles. The minimum atomic E-state index is -0.267. The average molecular weight is 640 g/mol. The lowest BCUT2D eigenvalue weighted by Gasteiger charge is -2.19. The summed E-state index contributed by atoms with van der Waals surface area (Å²) in [6.45, 7) is 14.9. The average Bonchev–Trinajstić information content (AvgIpc) is 3.79. The molecule has 0 spiro atoms. The fraction of sp³-hybridized carbons (Fsp3) is 0.405. The first-order chi connectivity index (χ1) is 21.0. The van der Waals surface area contributed by atoms with E-state index in [1.807, 2.05) is 52.0 Å². The van der Waals surface area contributed by atoms with Crippen LogP contribution in [0.1, 0.15) is 101 Å². The summed E-state index contributed by atoms with van der Waals surface area (Å²) >= 11 is 12.1. The van der Waals surface area contributed by atoms with Crippen LogP contribution in [0.15, 0.2) is 66.2 Å². The Morgan fingerprint density at radius 2 is 1.70 bits per heavy atom. The molecular formula is C37H45Cl2FN2O2. The highest BCUT2D eigenvalue weighted by Gasteiger charge is 2.44. The van der Waals surface area contributed by atoms with Gasteiger partial charge in [-0.25, -0.2) is 4.39 Å². The predicted molar refractivity (Wildman–Crippen MR) is 182 cm³/mol. The number of allylic oxidation sites excluding steroid dienone is 2. The molecule has 1 aliphatic rings. The molecule has 0 bridgehead atoms. The molecule has 1 fully saturated rings. The van der Waals surface area contributed by atoms with Gasteiger partial charge in [-0.3, -0.25) is 4.79 Å². The molecule has 0 heterocycles. The number of benzene rings is 3. The van der Waals surface area contributed by atoms with Gasteiger partial charge in [-0.15, -0.1) is 0 Å². The highest BCUT2D eigenvalue weighted by atomic mass is 35.5. The number of aryl methyl sites for hydroxylation is 1.